The Bertz CT molecular complexity index is 700. The van der Waals surface area contributed by atoms with Gasteiger partial charge in [-0.15, -0.1) is 0 Å². The predicted octanol–water partition coefficient (Wildman–Crippen LogP) is 3.27. The summed E-state index contributed by atoms with van der Waals surface area (Å²) in [6, 6.07) is 12.9. The summed E-state index contributed by atoms with van der Waals surface area (Å²) in [4.78, 5) is 12.2. The molecule has 0 fully saturated rings. The van der Waals surface area contributed by atoms with Gasteiger partial charge in [0.15, 0.2) is 6.61 Å². The molecule has 5 heteroatoms. The van der Waals surface area contributed by atoms with E-state index in [2.05, 4.69) is 5.32 Å². The quantitative estimate of drug-likeness (QED) is 0.847. The van der Waals surface area contributed by atoms with E-state index < -0.39 is 0 Å². The number of methoxy groups -OCH3 is 2. The molecule has 2 rings (SSSR count). The third-order valence-electron chi connectivity index (χ3n) is 3.73. The maximum Gasteiger partial charge on any atom is 0.258 e. The summed E-state index contributed by atoms with van der Waals surface area (Å²) >= 11 is 0. The Morgan fingerprint density at radius 1 is 1.08 bits per heavy atom. The number of carbonyl (C=O) groups is 1. The zero-order valence-electron chi connectivity index (χ0n) is 14.5. The second-order valence-corrected chi connectivity index (χ2v) is 5.45. The molecule has 1 N–H and O–H groups in total. The van der Waals surface area contributed by atoms with Gasteiger partial charge in [0.2, 0.25) is 0 Å². The van der Waals surface area contributed by atoms with Crippen LogP contribution in [-0.4, -0.2) is 26.7 Å². The maximum atomic E-state index is 12.2. The zero-order chi connectivity index (χ0) is 17.5. The fourth-order valence-electron chi connectivity index (χ4n) is 2.40. The Hall–Kier alpha value is -2.69. The van der Waals surface area contributed by atoms with Crippen LogP contribution in [0.15, 0.2) is 42.5 Å². The summed E-state index contributed by atoms with van der Waals surface area (Å²) < 4.78 is 16.2. The van der Waals surface area contributed by atoms with Crippen LogP contribution < -0.4 is 19.5 Å². The summed E-state index contributed by atoms with van der Waals surface area (Å²) in [6.45, 7) is 3.79. The molecule has 0 aliphatic rings. The number of nitrogens with one attached hydrogen (secondary N) is 1. The smallest absolute Gasteiger partial charge is 0.258 e. The first-order valence-corrected chi connectivity index (χ1v) is 7.75. The number of hydrogen-bond acceptors (Lipinski definition) is 4. The molecule has 24 heavy (non-hydrogen) atoms. The largest absolute Gasteiger partial charge is 0.497 e. The molecule has 0 unspecified atom stereocenters. The Labute approximate surface area is 142 Å². The van der Waals surface area contributed by atoms with Crippen LogP contribution in [0.4, 0.5) is 0 Å². The summed E-state index contributed by atoms with van der Waals surface area (Å²) in [5, 5.41) is 2.91. The average molecular weight is 329 g/mol. The number of hydrogen-bond donors (Lipinski definition) is 1. The molecule has 2 aromatic carbocycles. The van der Waals surface area contributed by atoms with E-state index in [9.17, 15) is 4.79 Å². The lowest BCUT2D eigenvalue weighted by molar-refractivity contribution is -0.123. The predicted molar refractivity (Wildman–Crippen MR) is 92.8 cm³/mol. The van der Waals surface area contributed by atoms with Crippen LogP contribution in [0.5, 0.6) is 17.2 Å². The number of para-hydroxylation sites is 1. The molecule has 0 saturated carbocycles. The van der Waals surface area contributed by atoms with Crippen molar-refractivity contribution in [3.63, 3.8) is 0 Å². The van der Waals surface area contributed by atoms with E-state index in [0.717, 1.165) is 11.1 Å². The highest BCUT2D eigenvalue weighted by molar-refractivity contribution is 5.78. The van der Waals surface area contributed by atoms with Crippen LogP contribution in [0.25, 0.3) is 0 Å². The van der Waals surface area contributed by atoms with E-state index in [0.29, 0.717) is 17.2 Å². The molecule has 0 heterocycles. The molecule has 0 aliphatic heterocycles. The van der Waals surface area contributed by atoms with Crippen molar-refractivity contribution in [1.29, 1.82) is 0 Å². The summed E-state index contributed by atoms with van der Waals surface area (Å²) in [6.07, 6.45) is 0. The standard InChI is InChI=1S/C19H23NO4/c1-13-7-5-6-8-17(13)24-12-19(21)20-14(2)16-11-15(22-3)9-10-18(16)23-4/h5-11,14H,12H2,1-4H3,(H,20,21)/t14-/m1/s1. The Morgan fingerprint density at radius 2 is 1.83 bits per heavy atom. The van der Waals surface area contributed by atoms with E-state index in [1.807, 2.05) is 56.3 Å². The molecule has 0 bridgehead atoms. The van der Waals surface area contributed by atoms with Gasteiger partial charge in [-0.3, -0.25) is 4.79 Å². The molecular formula is C19H23NO4. The average Bonchev–Trinajstić information content (AvgIpc) is 2.60. The monoisotopic (exact) mass is 329 g/mol. The molecule has 0 radical (unpaired) electrons. The molecule has 1 atom stereocenters. The highest BCUT2D eigenvalue weighted by atomic mass is 16.5. The summed E-state index contributed by atoms with van der Waals surface area (Å²) in [5.41, 5.74) is 1.84. The third-order valence-corrected chi connectivity index (χ3v) is 3.73. The molecule has 0 spiro atoms. The highest BCUT2D eigenvalue weighted by Gasteiger charge is 2.15. The molecule has 128 valence electrons. The molecule has 1 amide bonds. The van der Waals surface area contributed by atoms with Crippen LogP contribution in [-0.2, 0) is 4.79 Å². The Balaban J connectivity index is 2.00. The van der Waals surface area contributed by atoms with Gasteiger partial charge in [-0.2, -0.15) is 0 Å². The van der Waals surface area contributed by atoms with E-state index in [4.69, 9.17) is 14.2 Å². The number of carbonyl (C=O) groups excluding carboxylic acids is 1. The summed E-state index contributed by atoms with van der Waals surface area (Å²) in [7, 11) is 3.20. The minimum absolute atomic E-state index is 0.0402. The van der Waals surface area contributed by atoms with Gasteiger partial charge in [-0.1, -0.05) is 18.2 Å². The van der Waals surface area contributed by atoms with Gasteiger partial charge in [0, 0.05) is 5.56 Å². The first kappa shape index (κ1) is 17.7. The SMILES string of the molecule is COc1ccc(OC)c([C@@H](C)NC(=O)COc2ccccc2C)c1. The Kier molecular flexibility index (Phi) is 6.07. The normalized spacial score (nSPS) is 11.5. The second-order valence-electron chi connectivity index (χ2n) is 5.45. The van der Waals surface area contributed by atoms with E-state index in [-0.39, 0.29) is 18.6 Å². The third kappa shape index (κ3) is 4.41. The molecule has 2 aromatic rings. The number of benzene rings is 2. The van der Waals surface area contributed by atoms with Gasteiger partial charge in [-0.25, -0.2) is 0 Å². The molecular weight excluding hydrogens is 306 g/mol. The fourth-order valence-corrected chi connectivity index (χ4v) is 2.40. The van der Waals surface area contributed by atoms with Gasteiger partial charge < -0.3 is 19.5 Å². The summed E-state index contributed by atoms with van der Waals surface area (Å²) in [5.74, 6) is 1.92. The van der Waals surface area contributed by atoms with Crippen molar-refractivity contribution in [2.45, 2.75) is 19.9 Å². The van der Waals surface area contributed by atoms with Crippen molar-refractivity contribution < 1.29 is 19.0 Å². The molecule has 0 aromatic heterocycles. The van der Waals surface area contributed by atoms with E-state index in [1.165, 1.54) is 0 Å². The first-order valence-electron chi connectivity index (χ1n) is 7.75. The molecule has 0 saturated heterocycles. The van der Waals surface area contributed by atoms with E-state index >= 15 is 0 Å². The van der Waals surface area contributed by atoms with Gasteiger partial charge >= 0.3 is 0 Å². The van der Waals surface area contributed by atoms with Gasteiger partial charge in [0.05, 0.1) is 20.3 Å². The zero-order valence-corrected chi connectivity index (χ0v) is 14.5. The minimum Gasteiger partial charge on any atom is -0.497 e. The van der Waals surface area contributed by atoms with Gasteiger partial charge in [0.25, 0.3) is 5.91 Å². The van der Waals surface area contributed by atoms with Crippen molar-refractivity contribution in [2.24, 2.45) is 0 Å². The van der Waals surface area contributed by atoms with Crippen molar-refractivity contribution in [3.05, 3.63) is 53.6 Å². The van der Waals surface area contributed by atoms with Crippen LogP contribution in [0, 0.1) is 6.92 Å². The first-order chi connectivity index (χ1) is 11.5. The number of ether oxygens (including phenoxy) is 3. The Morgan fingerprint density at radius 3 is 2.50 bits per heavy atom. The maximum absolute atomic E-state index is 12.2. The number of rotatable bonds is 7. The highest BCUT2D eigenvalue weighted by Crippen LogP contribution is 2.29. The van der Waals surface area contributed by atoms with Crippen LogP contribution in [0.1, 0.15) is 24.1 Å². The fraction of sp³-hybridized carbons (Fsp3) is 0.316. The lowest BCUT2D eigenvalue weighted by Crippen LogP contribution is -2.31. The van der Waals surface area contributed by atoms with Gasteiger partial charge in [-0.05, 0) is 43.7 Å². The second kappa shape index (κ2) is 8.24. The minimum atomic E-state index is -0.233. The lowest BCUT2D eigenvalue weighted by atomic mass is 10.1. The number of aryl methyl sites for hydroxylation is 1. The lowest BCUT2D eigenvalue weighted by Gasteiger charge is -2.18. The van der Waals surface area contributed by atoms with Crippen molar-refractivity contribution in [1.82, 2.24) is 5.32 Å². The van der Waals surface area contributed by atoms with Crippen molar-refractivity contribution >= 4 is 5.91 Å². The van der Waals surface area contributed by atoms with Crippen LogP contribution in [0.2, 0.25) is 0 Å². The number of amides is 1. The van der Waals surface area contributed by atoms with Crippen molar-refractivity contribution in [2.75, 3.05) is 20.8 Å². The van der Waals surface area contributed by atoms with E-state index in [1.54, 1.807) is 14.2 Å². The van der Waals surface area contributed by atoms with Crippen LogP contribution >= 0.6 is 0 Å². The topological polar surface area (TPSA) is 56.8 Å². The molecule has 5 nitrogen and oxygen atoms in total. The molecule has 0 aliphatic carbocycles. The van der Waals surface area contributed by atoms with Crippen molar-refractivity contribution in [3.8, 4) is 17.2 Å². The van der Waals surface area contributed by atoms with Gasteiger partial charge in [0.1, 0.15) is 17.2 Å². The van der Waals surface area contributed by atoms with Crippen LogP contribution in [0.3, 0.4) is 0 Å².